The van der Waals surface area contributed by atoms with Gasteiger partial charge in [0.25, 0.3) is 5.91 Å². The van der Waals surface area contributed by atoms with Crippen molar-refractivity contribution in [1.29, 1.82) is 5.26 Å². The zero-order valence-electron chi connectivity index (χ0n) is 10.5. The Labute approximate surface area is 121 Å². The van der Waals surface area contributed by atoms with Crippen molar-refractivity contribution in [3.05, 3.63) is 64.2 Å². The van der Waals surface area contributed by atoms with Crippen molar-refractivity contribution in [2.24, 2.45) is 5.73 Å². The van der Waals surface area contributed by atoms with E-state index in [9.17, 15) is 4.79 Å². The molecule has 2 N–H and O–H groups in total. The third-order valence-electron chi connectivity index (χ3n) is 2.66. The SMILES string of the molecule is N#Cc1cccc(COc2ccc(Cl)cc2C(N)=O)c1. The van der Waals surface area contributed by atoms with Gasteiger partial charge in [0.2, 0.25) is 0 Å². The summed E-state index contributed by atoms with van der Waals surface area (Å²) in [4.78, 5) is 11.3. The fourth-order valence-electron chi connectivity index (χ4n) is 1.71. The molecule has 2 rings (SSSR count). The summed E-state index contributed by atoms with van der Waals surface area (Å²) in [7, 11) is 0. The Morgan fingerprint density at radius 2 is 2.10 bits per heavy atom. The summed E-state index contributed by atoms with van der Waals surface area (Å²) in [6.07, 6.45) is 0. The molecular weight excluding hydrogens is 276 g/mol. The summed E-state index contributed by atoms with van der Waals surface area (Å²) >= 11 is 5.82. The van der Waals surface area contributed by atoms with E-state index in [0.29, 0.717) is 16.3 Å². The molecule has 0 spiro atoms. The van der Waals surface area contributed by atoms with E-state index in [1.54, 1.807) is 30.3 Å². The van der Waals surface area contributed by atoms with Crippen molar-refractivity contribution in [3.63, 3.8) is 0 Å². The molecule has 0 heterocycles. The van der Waals surface area contributed by atoms with Crippen LogP contribution in [0.25, 0.3) is 0 Å². The Kier molecular flexibility index (Phi) is 4.24. The van der Waals surface area contributed by atoms with Crippen molar-refractivity contribution in [2.45, 2.75) is 6.61 Å². The Hall–Kier alpha value is -2.51. The smallest absolute Gasteiger partial charge is 0.252 e. The van der Waals surface area contributed by atoms with Crippen LogP contribution in [0.2, 0.25) is 5.02 Å². The van der Waals surface area contributed by atoms with Crippen LogP contribution in [0.3, 0.4) is 0 Å². The second kappa shape index (κ2) is 6.09. The predicted octanol–water partition coefficient (Wildman–Crippen LogP) is 2.89. The number of carbonyl (C=O) groups is 1. The lowest BCUT2D eigenvalue weighted by molar-refractivity contribution is 0.0996. The van der Waals surface area contributed by atoms with E-state index in [1.807, 2.05) is 6.07 Å². The molecule has 0 unspecified atom stereocenters. The van der Waals surface area contributed by atoms with Gasteiger partial charge in [-0.25, -0.2) is 0 Å². The molecule has 0 aliphatic heterocycles. The van der Waals surface area contributed by atoms with Crippen molar-refractivity contribution in [1.82, 2.24) is 0 Å². The molecule has 100 valence electrons. The number of halogens is 1. The number of hydrogen-bond donors (Lipinski definition) is 1. The van der Waals surface area contributed by atoms with Crippen LogP contribution >= 0.6 is 11.6 Å². The number of nitrogens with two attached hydrogens (primary N) is 1. The molecule has 0 saturated heterocycles. The summed E-state index contributed by atoms with van der Waals surface area (Å²) in [6.45, 7) is 0.234. The van der Waals surface area contributed by atoms with Crippen LogP contribution in [0.4, 0.5) is 0 Å². The van der Waals surface area contributed by atoms with Crippen LogP contribution in [0.15, 0.2) is 42.5 Å². The van der Waals surface area contributed by atoms with E-state index in [2.05, 4.69) is 6.07 Å². The number of carbonyl (C=O) groups excluding carboxylic acids is 1. The van der Waals surface area contributed by atoms with Gasteiger partial charge in [-0.15, -0.1) is 0 Å². The lowest BCUT2D eigenvalue weighted by Crippen LogP contribution is -2.13. The number of nitriles is 1. The Morgan fingerprint density at radius 1 is 1.30 bits per heavy atom. The first-order valence-corrected chi connectivity index (χ1v) is 6.19. The van der Waals surface area contributed by atoms with E-state index >= 15 is 0 Å². The molecule has 5 heteroatoms. The normalized spacial score (nSPS) is 9.80. The summed E-state index contributed by atoms with van der Waals surface area (Å²) in [5.41, 5.74) is 6.89. The van der Waals surface area contributed by atoms with E-state index < -0.39 is 5.91 Å². The summed E-state index contributed by atoms with van der Waals surface area (Å²) in [5, 5.41) is 9.24. The largest absolute Gasteiger partial charge is 0.488 e. The molecule has 2 aromatic carbocycles. The number of primary amides is 1. The number of hydrogen-bond acceptors (Lipinski definition) is 3. The first kappa shape index (κ1) is 13.9. The molecule has 0 atom stereocenters. The number of ether oxygens (including phenoxy) is 1. The van der Waals surface area contributed by atoms with Gasteiger partial charge in [0.05, 0.1) is 17.2 Å². The van der Waals surface area contributed by atoms with Gasteiger partial charge < -0.3 is 10.5 Å². The van der Waals surface area contributed by atoms with Crippen LogP contribution in [-0.2, 0) is 6.61 Å². The highest BCUT2D eigenvalue weighted by Gasteiger charge is 2.10. The highest BCUT2D eigenvalue weighted by Crippen LogP contribution is 2.23. The third-order valence-corrected chi connectivity index (χ3v) is 2.89. The van der Waals surface area contributed by atoms with Gasteiger partial charge in [-0.05, 0) is 35.9 Å². The van der Waals surface area contributed by atoms with Gasteiger partial charge in [0, 0.05) is 5.02 Å². The molecule has 0 aromatic heterocycles. The Balaban J connectivity index is 2.19. The molecule has 1 amide bonds. The number of rotatable bonds is 4. The highest BCUT2D eigenvalue weighted by atomic mass is 35.5. The van der Waals surface area contributed by atoms with Crippen molar-refractivity contribution >= 4 is 17.5 Å². The van der Waals surface area contributed by atoms with Gasteiger partial charge in [0.1, 0.15) is 12.4 Å². The topological polar surface area (TPSA) is 76.1 Å². The van der Waals surface area contributed by atoms with Gasteiger partial charge in [-0.1, -0.05) is 23.7 Å². The minimum Gasteiger partial charge on any atom is -0.488 e. The third kappa shape index (κ3) is 3.28. The van der Waals surface area contributed by atoms with E-state index in [0.717, 1.165) is 5.56 Å². The van der Waals surface area contributed by atoms with Crippen molar-refractivity contribution in [3.8, 4) is 11.8 Å². The quantitative estimate of drug-likeness (QED) is 0.939. The molecule has 4 nitrogen and oxygen atoms in total. The standard InChI is InChI=1S/C15H11ClN2O2/c16-12-4-5-14(13(7-12)15(18)19)20-9-11-3-1-2-10(6-11)8-17/h1-7H,9H2,(H2,18,19). The van der Waals surface area contributed by atoms with Crippen LogP contribution in [0.1, 0.15) is 21.5 Å². The van der Waals surface area contributed by atoms with Gasteiger partial charge in [-0.2, -0.15) is 5.26 Å². The minimum atomic E-state index is -0.603. The average Bonchev–Trinajstić information content (AvgIpc) is 2.46. The van der Waals surface area contributed by atoms with Gasteiger partial charge in [0.15, 0.2) is 0 Å². The fourth-order valence-corrected chi connectivity index (χ4v) is 1.88. The number of nitrogens with zero attached hydrogens (tertiary/aromatic N) is 1. The minimum absolute atomic E-state index is 0.230. The number of amides is 1. The molecular formula is C15H11ClN2O2. The molecule has 0 aliphatic rings. The number of benzene rings is 2. The Bertz CT molecular complexity index is 693. The monoisotopic (exact) mass is 286 g/mol. The fraction of sp³-hybridized carbons (Fsp3) is 0.0667. The predicted molar refractivity (Wildman–Crippen MR) is 75.5 cm³/mol. The maximum absolute atomic E-state index is 11.3. The van der Waals surface area contributed by atoms with E-state index in [1.165, 1.54) is 6.07 Å². The molecule has 20 heavy (non-hydrogen) atoms. The summed E-state index contributed by atoms with van der Waals surface area (Å²) in [5.74, 6) is -0.238. The second-order valence-electron chi connectivity index (χ2n) is 4.11. The summed E-state index contributed by atoms with van der Waals surface area (Å²) in [6, 6.07) is 13.8. The lowest BCUT2D eigenvalue weighted by atomic mass is 10.1. The molecule has 0 bridgehead atoms. The second-order valence-corrected chi connectivity index (χ2v) is 4.54. The molecule has 0 aliphatic carbocycles. The maximum Gasteiger partial charge on any atom is 0.252 e. The molecule has 0 radical (unpaired) electrons. The van der Waals surface area contributed by atoms with E-state index in [-0.39, 0.29) is 12.2 Å². The zero-order chi connectivity index (χ0) is 14.5. The van der Waals surface area contributed by atoms with Crippen LogP contribution in [-0.4, -0.2) is 5.91 Å². The van der Waals surface area contributed by atoms with Crippen LogP contribution in [0.5, 0.6) is 5.75 Å². The van der Waals surface area contributed by atoms with Gasteiger partial charge >= 0.3 is 0 Å². The highest BCUT2D eigenvalue weighted by molar-refractivity contribution is 6.31. The first-order chi connectivity index (χ1) is 9.60. The first-order valence-electron chi connectivity index (χ1n) is 5.81. The maximum atomic E-state index is 11.3. The van der Waals surface area contributed by atoms with Crippen molar-refractivity contribution in [2.75, 3.05) is 0 Å². The average molecular weight is 287 g/mol. The molecule has 2 aromatic rings. The summed E-state index contributed by atoms with van der Waals surface area (Å²) < 4.78 is 5.57. The Morgan fingerprint density at radius 3 is 2.80 bits per heavy atom. The zero-order valence-corrected chi connectivity index (χ0v) is 11.2. The van der Waals surface area contributed by atoms with Crippen molar-refractivity contribution < 1.29 is 9.53 Å². The molecule has 0 fully saturated rings. The van der Waals surface area contributed by atoms with Crippen LogP contribution in [0, 0.1) is 11.3 Å². The van der Waals surface area contributed by atoms with Gasteiger partial charge in [-0.3, -0.25) is 4.79 Å². The van der Waals surface area contributed by atoms with Crippen LogP contribution < -0.4 is 10.5 Å². The molecule has 0 saturated carbocycles. The van der Waals surface area contributed by atoms with E-state index in [4.69, 9.17) is 27.3 Å². The lowest BCUT2D eigenvalue weighted by Gasteiger charge is -2.10.